The molecule has 1 aliphatic rings. The second-order valence-corrected chi connectivity index (χ2v) is 7.05. The second-order valence-electron chi connectivity index (χ2n) is 7.05. The van der Waals surface area contributed by atoms with Crippen LogP contribution in [-0.4, -0.2) is 52.5 Å². The lowest BCUT2D eigenvalue weighted by molar-refractivity contribution is 0.0253. The molecule has 1 aliphatic heterocycles. The van der Waals surface area contributed by atoms with Crippen LogP contribution in [0.3, 0.4) is 0 Å². The maximum Gasteiger partial charge on any atom is 0.410 e. The number of hydrogen-bond acceptors (Lipinski definition) is 5. The minimum absolute atomic E-state index is 0.0937. The van der Waals surface area contributed by atoms with Gasteiger partial charge in [0, 0.05) is 30.5 Å². The van der Waals surface area contributed by atoms with Crippen molar-refractivity contribution in [3.8, 4) is 0 Å². The van der Waals surface area contributed by atoms with Crippen LogP contribution in [0.1, 0.15) is 53.4 Å². The van der Waals surface area contributed by atoms with E-state index in [-0.39, 0.29) is 30.3 Å². The minimum Gasteiger partial charge on any atom is -0.447 e. The number of carbonyl (C=O) groups excluding carboxylic acids is 1. The van der Waals surface area contributed by atoms with Crippen LogP contribution in [-0.2, 0) is 4.74 Å². The molecular formula is C18H31BN4O2. The molecule has 0 spiro atoms. The normalized spacial score (nSPS) is 23.4. The fourth-order valence-corrected chi connectivity index (χ4v) is 3.48. The number of nitrogens with zero attached hydrogens (tertiary/aromatic N) is 3. The Morgan fingerprint density at radius 3 is 2.28 bits per heavy atom. The van der Waals surface area contributed by atoms with Gasteiger partial charge in [0.25, 0.3) is 0 Å². The molecule has 138 valence electrons. The van der Waals surface area contributed by atoms with Crippen molar-refractivity contribution in [3.05, 3.63) is 12.4 Å². The Labute approximate surface area is 152 Å². The van der Waals surface area contributed by atoms with E-state index >= 15 is 0 Å². The number of piperidine rings is 1. The number of hydrogen-bond donors (Lipinski definition) is 1. The second kappa shape index (κ2) is 9.06. The lowest BCUT2D eigenvalue weighted by Crippen LogP contribution is -2.55. The summed E-state index contributed by atoms with van der Waals surface area (Å²) < 4.78 is 5.47. The van der Waals surface area contributed by atoms with E-state index in [1.807, 2.05) is 31.1 Å². The van der Waals surface area contributed by atoms with Gasteiger partial charge in [-0.05, 0) is 45.0 Å². The molecule has 0 saturated carbocycles. The smallest absolute Gasteiger partial charge is 0.410 e. The van der Waals surface area contributed by atoms with Crippen molar-refractivity contribution in [2.45, 2.75) is 84.4 Å². The van der Waals surface area contributed by atoms with Crippen LogP contribution >= 0.6 is 0 Å². The summed E-state index contributed by atoms with van der Waals surface area (Å²) in [7, 11) is 0.937. The molecule has 2 heterocycles. The molecule has 1 aromatic heterocycles. The van der Waals surface area contributed by atoms with Crippen LogP contribution < -0.4 is 10.8 Å². The lowest BCUT2D eigenvalue weighted by Gasteiger charge is -2.44. The van der Waals surface area contributed by atoms with Gasteiger partial charge in [0.15, 0.2) is 7.28 Å². The van der Waals surface area contributed by atoms with E-state index in [0.29, 0.717) is 5.95 Å². The average molecular weight is 346 g/mol. The molecule has 6 nitrogen and oxygen atoms in total. The van der Waals surface area contributed by atoms with Crippen molar-refractivity contribution in [1.82, 2.24) is 14.9 Å². The molecule has 3 atom stereocenters. The number of nitrogens with one attached hydrogen (secondary N) is 1. The van der Waals surface area contributed by atoms with Crippen molar-refractivity contribution in [3.63, 3.8) is 0 Å². The number of carbonyl (C=O) groups is 1. The molecule has 25 heavy (non-hydrogen) atoms. The van der Waals surface area contributed by atoms with Crippen molar-refractivity contribution in [1.29, 1.82) is 0 Å². The van der Waals surface area contributed by atoms with Gasteiger partial charge >= 0.3 is 6.09 Å². The Balaban J connectivity index is 2.07. The maximum absolute atomic E-state index is 12.5. The first-order valence-electron chi connectivity index (χ1n) is 9.54. The number of rotatable bonds is 6. The standard InChI is InChI=1S/C18H31BN4O2/c1-6-15-8-14(22-17-20-10-13(19-5)11-21-17)9-16(7-2)23(15)18(24)25-12(3)4/h10-12,14-16,19H,6-9H2,1-5H3,(H,20,21,22)/t14?,15-,16+. The number of ether oxygens (including phenoxy) is 1. The summed E-state index contributed by atoms with van der Waals surface area (Å²) in [4.78, 5) is 23.3. The molecule has 1 fully saturated rings. The van der Waals surface area contributed by atoms with E-state index in [9.17, 15) is 4.79 Å². The molecular weight excluding hydrogens is 315 g/mol. The first-order valence-corrected chi connectivity index (χ1v) is 9.54. The van der Waals surface area contributed by atoms with Gasteiger partial charge in [0.05, 0.1) is 6.10 Å². The molecule has 1 amide bonds. The van der Waals surface area contributed by atoms with E-state index in [1.54, 1.807) is 0 Å². The molecule has 1 N–H and O–H groups in total. The van der Waals surface area contributed by atoms with E-state index < -0.39 is 0 Å². The van der Waals surface area contributed by atoms with Crippen LogP contribution in [0.2, 0.25) is 6.82 Å². The summed E-state index contributed by atoms with van der Waals surface area (Å²) in [5.74, 6) is 0.671. The van der Waals surface area contributed by atoms with Gasteiger partial charge in [0.1, 0.15) is 0 Å². The highest BCUT2D eigenvalue weighted by atomic mass is 16.6. The zero-order valence-electron chi connectivity index (χ0n) is 16.2. The van der Waals surface area contributed by atoms with Gasteiger partial charge in [-0.2, -0.15) is 0 Å². The number of likely N-dealkylation sites (tertiary alicyclic amines) is 1. The highest BCUT2D eigenvalue weighted by Crippen LogP contribution is 2.29. The van der Waals surface area contributed by atoms with E-state index in [1.165, 1.54) is 0 Å². The quantitative estimate of drug-likeness (QED) is 0.802. The molecule has 7 heteroatoms. The van der Waals surface area contributed by atoms with Gasteiger partial charge in [-0.3, -0.25) is 0 Å². The Morgan fingerprint density at radius 2 is 1.84 bits per heavy atom. The Kier molecular flexibility index (Phi) is 7.08. The van der Waals surface area contributed by atoms with Crippen LogP contribution in [0.5, 0.6) is 0 Å². The zero-order valence-corrected chi connectivity index (χ0v) is 16.2. The van der Waals surface area contributed by atoms with Crippen LogP contribution in [0.15, 0.2) is 12.4 Å². The van der Waals surface area contributed by atoms with E-state index in [4.69, 9.17) is 4.74 Å². The molecule has 0 aromatic carbocycles. The van der Waals surface area contributed by atoms with E-state index in [0.717, 1.165) is 38.4 Å². The predicted molar refractivity (Wildman–Crippen MR) is 103 cm³/mol. The Bertz CT molecular complexity index is 539. The van der Waals surface area contributed by atoms with Crippen molar-refractivity contribution < 1.29 is 9.53 Å². The predicted octanol–water partition coefficient (Wildman–Crippen LogP) is 2.57. The number of anilines is 1. The highest BCUT2D eigenvalue weighted by molar-refractivity contribution is 6.51. The summed E-state index contributed by atoms with van der Waals surface area (Å²) in [6.07, 6.45) is 7.07. The molecule has 0 aliphatic carbocycles. The maximum atomic E-state index is 12.5. The number of amides is 1. The Morgan fingerprint density at radius 1 is 1.28 bits per heavy atom. The van der Waals surface area contributed by atoms with Crippen LogP contribution in [0.25, 0.3) is 0 Å². The minimum atomic E-state index is -0.185. The van der Waals surface area contributed by atoms with Gasteiger partial charge in [-0.1, -0.05) is 20.7 Å². The van der Waals surface area contributed by atoms with Crippen LogP contribution in [0.4, 0.5) is 10.7 Å². The van der Waals surface area contributed by atoms with Gasteiger partial charge in [-0.25, -0.2) is 14.8 Å². The van der Waals surface area contributed by atoms with Gasteiger partial charge in [0.2, 0.25) is 5.95 Å². The third kappa shape index (κ3) is 5.09. The molecule has 1 saturated heterocycles. The van der Waals surface area contributed by atoms with Gasteiger partial charge < -0.3 is 15.0 Å². The highest BCUT2D eigenvalue weighted by Gasteiger charge is 2.38. The summed E-state index contributed by atoms with van der Waals surface area (Å²) in [6, 6.07) is 0.625. The molecule has 0 radical (unpaired) electrons. The summed E-state index contributed by atoms with van der Waals surface area (Å²) in [6.45, 7) is 10.1. The molecule has 0 bridgehead atoms. The third-order valence-corrected chi connectivity index (χ3v) is 4.84. The van der Waals surface area contributed by atoms with Crippen LogP contribution in [0, 0.1) is 0 Å². The average Bonchev–Trinajstić information content (AvgIpc) is 2.60. The molecule has 2 rings (SSSR count). The summed E-state index contributed by atoms with van der Waals surface area (Å²) >= 11 is 0. The first kappa shape index (κ1) is 19.5. The fraction of sp³-hybridized carbons (Fsp3) is 0.722. The molecule has 1 unspecified atom stereocenters. The SMILES string of the molecule is CBc1cnc(NC2C[C@@H](CC)N(C(=O)OC(C)C)[C@@H](CC)C2)nc1. The monoisotopic (exact) mass is 346 g/mol. The lowest BCUT2D eigenvalue weighted by atomic mass is 9.75. The Hall–Kier alpha value is -1.79. The summed E-state index contributed by atoms with van der Waals surface area (Å²) in [5, 5.41) is 3.46. The van der Waals surface area contributed by atoms with Crippen molar-refractivity contribution in [2.75, 3.05) is 5.32 Å². The van der Waals surface area contributed by atoms with E-state index in [2.05, 4.69) is 36.0 Å². The fourth-order valence-electron chi connectivity index (χ4n) is 3.48. The van der Waals surface area contributed by atoms with Crippen molar-refractivity contribution >= 4 is 24.8 Å². The zero-order chi connectivity index (χ0) is 18.4. The summed E-state index contributed by atoms with van der Waals surface area (Å²) in [5.41, 5.74) is 1.13. The third-order valence-electron chi connectivity index (χ3n) is 4.84. The topological polar surface area (TPSA) is 67.4 Å². The first-order chi connectivity index (χ1) is 12.0. The van der Waals surface area contributed by atoms with Crippen molar-refractivity contribution in [2.24, 2.45) is 0 Å². The molecule has 1 aromatic rings. The number of aromatic nitrogens is 2. The largest absolute Gasteiger partial charge is 0.447 e. The van der Waals surface area contributed by atoms with Gasteiger partial charge in [-0.15, -0.1) is 0 Å².